The number of likely N-dealkylation sites (tertiary alicyclic amines) is 1. The monoisotopic (exact) mass is 319 g/mol. The third kappa shape index (κ3) is 2.58. The fraction of sp³-hybridized carbons (Fsp3) is 1.00. The van der Waals surface area contributed by atoms with Crippen molar-refractivity contribution >= 4 is 0 Å². The van der Waals surface area contributed by atoms with Gasteiger partial charge in [-0.1, -0.05) is 13.8 Å². The number of rotatable bonds is 4. The maximum absolute atomic E-state index is 2.87. The quantitative estimate of drug-likeness (QED) is 0.788. The molecule has 0 aromatic carbocycles. The molecule has 3 nitrogen and oxygen atoms in total. The summed E-state index contributed by atoms with van der Waals surface area (Å²) in [5.74, 6) is 0.900. The molecule has 3 aliphatic carbocycles. The highest BCUT2D eigenvalue weighted by Crippen LogP contribution is 2.72. The van der Waals surface area contributed by atoms with Gasteiger partial charge in [0.25, 0.3) is 0 Å². The average Bonchev–Trinajstić information content (AvgIpc) is 2.45. The fourth-order valence-electron chi connectivity index (χ4n) is 6.09. The van der Waals surface area contributed by atoms with Gasteiger partial charge in [-0.15, -0.1) is 0 Å². The molecule has 0 N–H and O–H groups in total. The minimum atomic E-state index is 0.650. The van der Waals surface area contributed by atoms with Crippen molar-refractivity contribution in [1.29, 1.82) is 0 Å². The molecule has 0 radical (unpaired) electrons. The molecular formula is C20H37N3. The van der Waals surface area contributed by atoms with Gasteiger partial charge in [0.15, 0.2) is 0 Å². The van der Waals surface area contributed by atoms with E-state index in [1.807, 2.05) is 0 Å². The molecule has 2 saturated heterocycles. The highest BCUT2D eigenvalue weighted by molar-refractivity contribution is 5.24. The van der Waals surface area contributed by atoms with Crippen molar-refractivity contribution in [2.75, 3.05) is 39.3 Å². The Balaban J connectivity index is 1.24. The molecule has 3 saturated carbocycles. The molecule has 23 heavy (non-hydrogen) atoms. The number of piperidine rings is 1. The third-order valence-electron chi connectivity index (χ3n) is 8.00. The molecule has 2 heterocycles. The number of nitrogens with zero attached hydrogens (tertiary/aromatic N) is 3. The smallest absolute Gasteiger partial charge is 0.0226 e. The highest BCUT2D eigenvalue weighted by Gasteiger charge is 2.70. The zero-order valence-corrected chi connectivity index (χ0v) is 15.9. The third-order valence-corrected chi connectivity index (χ3v) is 8.00. The van der Waals surface area contributed by atoms with Crippen LogP contribution in [-0.4, -0.2) is 71.6 Å². The van der Waals surface area contributed by atoms with Crippen LogP contribution in [0.15, 0.2) is 0 Å². The molecule has 132 valence electrons. The van der Waals surface area contributed by atoms with E-state index in [0.717, 1.165) is 23.4 Å². The van der Waals surface area contributed by atoms with E-state index in [1.54, 1.807) is 0 Å². The van der Waals surface area contributed by atoms with Crippen molar-refractivity contribution in [1.82, 2.24) is 14.7 Å². The first kappa shape index (κ1) is 16.4. The van der Waals surface area contributed by atoms with E-state index in [1.165, 1.54) is 71.4 Å². The zero-order chi connectivity index (χ0) is 16.2. The molecule has 0 amide bonds. The second-order valence-corrected chi connectivity index (χ2v) is 9.66. The van der Waals surface area contributed by atoms with Crippen molar-refractivity contribution in [3.8, 4) is 0 Å². The maximum Gasteiger partial charge on any atom is 0.0226 e. The van der Waals surface area contributed by atoms with E-state index >= 15 is 0 Å². The van der Waals surface area contributed by atoms with Gasteiger partial charge in [0, 0.05) is 43.8 Å². The van der Waals surface area contributed by atoms with Crippen LogP contribution in [0.2, 0.25) is 0 Å². The van der Waals surface area contributed by atoms with Gasteiger partial charge < -0.3 is 4.90 Å². The first-order valence-corrected chi connectivity index (χ1v) is 10.2. The molecule has 2 aliphatic heterocycles. The molecule has 5 rings (SSSR count). The second-order valence-electron chi connectivity index (χ2n) is 9.66. The van der Waals surface area contributed by atoms with Crippen LogP contribution >= 0.6 is 0 Å². The van der Waals surface area contributed by atoms with E-state index in [9.17, 15) is 0 Å². The van der Waals surface area contributed by atoms with E-state index in [2.05, 4.69) is 42.4 Å². The van der Waals surface area contributed by atoms with Crippen LogP contribution in [0.25, 0.3) is 0 Å². The van der Waals surface area contributed by atoms with Crippen LogP contribution in [0.3, 0.4) is 0 Å². The lowest BCUT2D eigenvalue weighted by molar-refractivity contribution is -0.247. The zero-order valence-electron chi connectivity index (χ0n) is 15.9. The second kappa shape index (κ2) is 5.71. The Kier molecular flexibility index (Phi) is 4.06. The lowest BCUT2D eigenvalue weighted by Crippen LogP contribution is -2.77. The summed E-state index contributed by atoms with van der Waals surface area (Å²) in [6, 6.07) is 1.59. The van der Waals surface area contributed by atoms with Crippen LogP contribution in [-0.2, 0) is 0 Å². The molecule has 5 aliphatic rings. The van der Waals surface area contributed by atoms with E-state index in [-0.39, 0.29) is 0 Å². The Morgan fingerprint density at radius 2 is 1.35 bits per heavy atom. The maximum atomic E-state index is 2.87. The van der Waals surface area contributed by atoms with E-state index < -0.39 is 0 Å². The van der Waals surface area contributed by atoms with Gasteiger partial charge in [-0.05, 0) is 70.4 Å². The van der Waals surface area contributed by atoms with E-state index in [4.69, 9.17) is 0 Å². The van der Waals surface area contributed by atoms with Gasteiger partial charge in [-0.3, -0.25) is 9.80 Å². The Hall–Kier alpha value is -0.120. The SMILES string of the molecule is CC(C)N1CCC(N2CCN(C34CC(C(C)C)(C3)C4)CC2)CC1. The van der Waals surface area contributed by atoms with Crippen LogP contribution in [0.5, 0.6) is 0 Å². The molecule has 2 bridgehead atoms. The van der Waals surface area contributed by atoms with Crippen LogP contribution in [0.1, 0.15) is 59.8 Å². The van der Waals surface area contributed by atoms with Gasteiger partial charge >= 0.3 is 0 Å². The highest BCUT2D eigenvalue weighted by atomic mass is 15.3. The summed E-state index contributed by atoms with van der Waals surface area (Å²) >= 11 is 0. The summed E-state index contributed by atoms with van der Waals surface area (Å²) in [5, 5.41) is 0. The minimum Gasteiger partial charge on any atom is -0.301 e. The van der Waals surface area contributed by atoms with Crippen molar-refractivity contribution in [3.05, 3.63) is 0 Å². The molecule has 0 aromatic rings. The molecule has 3 heteroatoms. The Morgan fingerprint density at radius 1 is 0.783 bits per heavy atom. The topological polar surface area (TPSA) is 9.72 Å². The van der Waals surface area contributed by atoms with E-state index in [0.29, 0.717) is 5.54 Å². The standard InChI is InChI=1S/C20H37N3/c1-16(2)19-13-20(14-19,15-19)23-11-9-22(10-12-23)18-5-7-21(8-6-18)17(3)4/h16-18H,5-15H2,1-4H3. The molecule has 0 unspecified atom stereocenters. The van der Waals surface area contributed by atoms with Gasteiger partial charge in [-0.2, -0.15) is 0 Å². The first-order chi connectivity index (χ1) is 10.9. The van der Waals surface area contributed by atoms with Crippen LogP contribution in [0, 0.1) is 11.3 Å². The molecular weight excluding hydrogens is 282 g/mol. The predicted octanol–water partition coefficient (Wildman–Crippen LogP) is 3.06. The van der Waals surface area contributed by atoms with Crippen molar-refractivity contribution in [2.24, 2.45) is 11.3 Å². The number of hydrogen-bond acceptors (Lipinski definition) is 3. The lowest BCUT2D eigenvalue weighted by atomic mass is 9.35. The summed E-state index contributed by atoms with van der Waals surface area (Å²) < 4.78 is 0. The summed E-state index contributed by atoms with van der Waals surface area (Å²) in [6.45, 7) is 17.5. The van der Waals surface area contributed by atoms with Crippen LogP contribution in [0.4, 0.5) is 0 Å². The van der Waals surface area contributed by atoms with Gasteiger partial charge in [0.1, 0.15) is 0 Å². The number of hydrogen-bond donors (Lipinski definition) is 0. The predicted molar refractivity (Wildman–Crippen MR) is 96.7 cm³/mol. The average molecular weight is 320 g/mol. The normalized spacial score (nSPS) is 40.4. The van der Waals surface area contributed by atoms with Gasteiger partial charge in [-0.25, -0.2) is 0 Å². The van der Waals surface area contributed by atoms with Gasteiger partial charge in [0.2, 0.25) is 0 Å². The minimum absolute atomic E-state index is 0.650. The Bertz CT molecular complexity index is 408. The van der Waals surface area contributed by atoms with Crippen molar-refractivity contribution in [2.45, 2.75) is 77.4 Å². The Morgan fingerprint density at radius 3 is 1.83 bits per heavy atom. The van der Waals surface area contributed by atoms with Crippen molar-refractivity contribution < 1.29 is 0 Å². The summed E-state index contributed by atoms with van der Waals surface area (Å²) in [5.41, 5.74) is 1.40. The Labute approximate surface area is 143 Å². The molecule has 0 atom stereocenters. The molecule has 5 fully saturated rings. The molecule has 0 spiro atoms. The van der Waals surface area contributed by atoms with Gasteiger partial charge in [0.05, 0.1) is 0 Å². The summed E-state index contributed by atoms with van der Waals surface area (Å²) in [4.78, 5) is 8.34. The number of piperazine rings is 1. The van der Waals surface area contributed by atoms with Crippen molar-refractivity contribution in [3.63, 3.8) is 0 Å². The fourth-order valence-corrected chi connectivity index (χ4v) is 6.09. The summed E-state index contributed by atoms with van der Waals surface area (Å²) in [7, 11) is 0. The molecule has 0 aromatic heterocycles. The first-order valence-electron chi connectivity index (χ1n) is 10.2. The lowest BCUT2D eigenvalue weighted by Gasteiger charge is -2.76. The summed E-state index contributed by atoms with van der Waals surface area (Å²) in [6.07, 6.45) is 7.29. The van der Waals surface area contributed by atoms with Crippen LogP contribution < -0.4 is 0 Å². The largest absolute Gasteiger partial charge is 0.301 e.